The Balaban J connectivity index is 1.93. The summed E-state index contributed by atoms with van der Waals surface area (Å²) in [5.74, 6) is -0.256. The van der Waals surface area contributed by atoms with Crippen LogP contribution in [0.15, 0.2) is 18.2 Å². The molecule has 0 spiro atoms. The summed E-state index contributed by atoms with van der Waals surface area (Å²) in [7, 11) is 0. The number of rotatable bonds is 3. The van der Waals surface area contributed by atoms with E-state index in [1.165, 1.54) is 37.5 Å². The topological polar surface area (TPSA) is 29.3 Å². The van der Waals surface area contributed by atoms with Crippen LogP contribution in [0.1, 0.15) is 43.7 Å². The van der Waals surface area contributed by atoms with Gasteiger partial charge in [0, 0.05) is 18.2 Å². The highest BCUT2D eigenvalue weighted by molar-refractivity contribution is 5.24. The maximum Gasteiger partial charge on any atom is 0.130 e. The Morgan fingerprint density at radius 1 is 1.15 bits per heavy atom. The lowest BCUT2D eigenvalue weighted by Gasteiger charge is -2.42. The number of halogens is 2. The number of nitrogens with two attached hydrogens (primary N) is 1. The van der Waals surface area contributed by atoms with Crippen molar-refractivity contribution >= 4 is 0 Å². The molecule has 1 aliphatic carbocycles. The van der Waals surface area contributed by atoms with Crippen LogP contribution in [0.3, 0.4) is 0 Å². The zero-order valence-corrected chi connectivity index (χ0v) is 11.7. The van der Waals surface area contributed by atoms with E-state index in [-0.39, 0.29) is 18.2 Å². The van der Waals surface area contributed by atoms with E-state index in [9.17, 15) is 8.78 Å². The summed E-state index contributed by atoms with van der Waals surface area (Å²) in [4.78, 5) is 2.27. The van der Waals surface area contributed by atoms with E-state index < -0.39 is 11.6 Å². The molecular weight excluding hydrogens is 258 g/mol. The molecule has 0 amide bonds. The molecule has 0 radical (unpaired) electrons. The van der Waals surface area contributed by atoms with Crippen LogP contribution in [0.2, 0.25) is 0 Å². The highest BCUT2D eigenvalue weighted by atomic mass is 19.1. The first-order valence-corrected chi connectivity index (χ1v) is 7.62. The molecule has 2 fully saturated rings. The molecule has 2 N–H and O–H groups in total. The summed E-state index contributed by atoms with van der Waals surface area (Å²) in [5, 5.41) is 0. The SMILES string of the molecule is NCC(c1c(F)cccc1F)N1CCCC2CCCC21. The molecule has 1 saturated carbocycles. The van der Waals surface area contributed by atoms with Gasteiger partial charge < -0.3 is 5.73 Å². The van der Waals surface area contributed by atoms with E-state index in [0.717, 1.165) is 19.4 Å². The molecular formula is C16H22F2N2. The summed E-state index contributed by atoms with van der Waals surface area (Å²) < 4.78 is 28.1. The van der Waals surface area contributed by atoms with Crippen molar-refractivity contribution in [1.82, 2.24) is 4.90 Å². The number of likely N-dealkylation sites (tertiary alicyclic amines) is 1. The minimum Gasteiger partial charge on any atom is -0.329 e. The van der Waals surface area contributed by atoms with Crippen molar-refractivity contribution in [3.05, 3.63) is 35.4 Å². The van der Waals surface area contributed by atoms with Gasteiger partial charge in [-0.2, -0.15) is 0 Å². The number of piperidine rings is 1. The third-order valence-electron chi connectivity index (χ3n) is 4.99. The molecule has 1 saturated heterocycles. The highest BCUT2D eigenvalue weighted by Crippen LogP contribution is 2.41. The first kappa shape index (κ1) is 14.0. The van der Waals surface area contributed by atoms with Gasteiger partial charge in [0.15, 0.2) is 0 Å². The summed E-state index contributed by atoms with van der Waals surface area (Å²) in [6.07, 6.45) is 5.96. The predicted octanol–water partition coefficient (Wildman–Crippen LogP) is 3.23. The number of fused-ring (bicyclic) bond motifs is 1. The monoisotopic (exact) mass is 280 g/mol. The predicted molar refractivity (Wildman–Crippen MR) is 75.2 cm³/mol. The fourth-order valence-electron chi connectivity index (χ4n) is 4.13. The zero-order valence-electron chi connectivity index (χ0n) is 11.7. The van der Waals surface area contributed by atoms with Crippen molar-refractivity contribution in [2.24, 2.45) is 11.7 Å². The van der Waals surface area contributed by atoms with Gasteiger partial charge >= 0.3 is 0 Å². The molecule has 3 atom stereocenters. The van der Waals surface area contributed by atoms with Gasteiger partial charge in [-0.05, 0) is 50.3 Å². The van der Waals surface area contributed by atoms with Crippen LogP contribution in [0.25, 0.3) is 0 Å². The van der Waals surface area contributed by atoms with E-state index >= 15 is 0 Å². The Kier molecular flexibility index (Phi) is 4.03. The zero-order chi connectivity index (χ0) is 14.1. The van der Waals surface area contributed by atoms with Gasteiger partial charge in [-0.1, -0.05) is 12.5 Å². The molecule has 110 valence electrons. The summed E-state index contributed by atoms with van der Waals surface area (Å²) in [5.41, 5.74) is 6.04. The normalized spacial score (nSPS) is 28.4. The Bertz CT molecular complexity index is 457. The lowest BCUT2D eigenvalue weighted by Crippen LogP contribution is -2.47. The average Bonchev–Trinajstić information content (AvgIpc) is 2.91. The fraction of sp³-hybridized carbons (Fsp3) is 0.625. The standard InChI is InChI=1S/C16H22F2N2/c17-12-6-2-7-13(18)16(12)15(10-19)20-9-3-5-11-4-1-8-14(11)20/h2,6-7,11,14-15H,1,3-5,8-10,19H2. The Hall–Kier alpha value is -1.00. The van der Waals surface area contributed by atoms with Crippen LogP contribution in [0, 0.1) is 17.6 Å². The molecule has 4 heteroatoms. The first-order valence-electron chi connectivity index (χ1n) is 7.62. The quantitative estimate of drug-likeness (QED) is 0.921. The van der Waals surface area contributed by atoms with Crippen LogP contribution in [-0.4, -0.2) is 24.0 Å². The number of hydrogen-bond acceptors (Lipinski definition) is 2. The van der Waals surface area contributed by atoms with Gasteiger partial charge in [0.1, 0.15) is 11.6 Å². The lowest BCUT2D eigenvalue weighted by atomic mass is 9.89. The molecule has 3 unspecified atom stereocenters. The minimum absolute atomic E-state index is 0.155. The maximum absolute atomic E-state index is 14.1. The molecule has 1 aliphatic heterocycles. The maximum atomic E-state index is 14.1. The first-order chi connectivity index (χ1) is 9.72. The van der Waals surface area contributed by atoms with Gasteiger partial charge in [-0.15, -0.1) is 0 Å². The summed E-state index contributed by atoms with van der Waals surface area (Å²) >= 11 is 0. The molecule has 0 aromatic heterocycles. The third kappa shape index (κ3) is 2.35. The lowest BCUT2D eigenvalue weighted by molar-refractivity contribution is 0.0669. The van der Waals surface area contributed by atoms with Gasteiger partial charge in [-0.25, -0.2) is 8.78 Å². The van der Waals surface area contributed by atoms with Crippen molar-refractivity contribution in [2.45, 2.75) is 44.2 Å². The van der Waals surface area contributed by atoms with Crippen LogP contribution >= 0.6 is 0 Å². The van der Waals surface area contributed by atoms with Crippen molar-refractivity contribution in [3.63, 3.8) is 0 Å². The summed E-state index contributed by atoms with van der Waals surface area (Å²) in [6, 6.07) is 4.20. The van der Waals surface area contributed by atoms with Crippen LogP contribution in [0.5, 0.6) is 0 Å². The molecule has 20 heavy (non-hydrogen) atoms. The van der Waals surface area contributed by atoms with E-state index in [0.29, 0.717) is 12.0 Å². The molecule has 1 aromatic rings. The van der Waals surface area contributed by atoms with Crippen LogP contribution in [0.4, 0.5) is 8.78 Å². The molecule has 2 aliphatic rings. The van der Waals surface area contributed by atoms with Gasteiger partial charge in [0.25, 0.3) is 0 Å². The average molecular weight is 280 g/mol. The highest BCUT2D eigenvalue weighted by Gasteiger charge is 2.39. The van der Waals surface area contributed by atoms with E-state index in [1.54, 1.807) is 0 Å². The molecule has 1 aromatic carbocycles. The van der Waals surface area contributed by atoms with E-state index in [2.05, 4.69) is 4.90 Å². The molecule has 1 heterocycles. The molecule has 0 bridgehead atoms. The second-order valence-electron chi connectivity index (χ2n) is 6.03. The minimum atomic E-state index is -0.472. The number of benzene rings is 1. The summed E-state index contributed by atoms with van der Waals surface area (Å²) in [6.45, 7) is 1.16. The molecule has 3 rings (SSSR count). The second-order valence-corrected chi connectivity index (χ2v) is 6.03. The molecule has 2 nitrogen and oxygen atoms in total. The van der Waals surface area contributed by atoms with Crippen LogP contribution < -0.4 is 5.73 Å². The van der Waals surface area contributed by atoms with Crippen LogP contribution in [-0.2, 0) is 0 Å². The third-order valence-corrected chi connectivity index (χ3v) is 4.99. The second kappa shape index (κ2) is 5.78. The Morgan fingerprint density at radius 2 is 1.85 bits per heavy atom. The van der Waals surface area contributed by atoms with E-state index in [1.807, 2.05) is 0 Å². The van der Waals surface area contributed by atoms with E-state index in [4.69, 9.17) is 5.73 Å². The van der Waals surface area contributed by atoms with Crippen molar-refractivity contribution in [1.29, 1.82) is 0 Å². The van der Waals surface area contributed by atoms with Crippen molar-refractivity contribution < 1.29 is 8.78 Å². The Morgan fingerprint density at radius 3 is 2.55 bits per heavy atom. The van der Waals surface area contributed by atoms with Crippen molar-refractivity contribution in [3.8, 4) is 0 Å². The number of nitrogens with zero attached hydrogens (tertiary/aromatic N) is 1. The fourth-order valence-corrected chi connectivity index (χ4v) is 4.13. The van der Waals surface area contributed by atoms with Crippen molar-refractivity contribution in [2.75, 3.05) is 13.1 Å². The smallest absolute Gasteiger partial charge is 0.130 e. The van der Waals surface area contributed by atoms with Gasteiger partial charge in [0.05, 0.1) is 6.04 Å². The van der Waals surface area contributed by atoms with Gasteiger partial charge in [0.2, 0.25) is 0 Å². The largest absolute Gasteiger partial charge is 0.329 e. The Labute approximate surface area is 118 Å². The van der Waals surface area contributed by atoms with Gasteiger partial charge in [-0.3, -0.25) is 4.90 Å². The number of hydrogen-bond donors (Lipinski definition) is 1.